The molecule has 4 atom stereocenters. The Morgan fingerprint density at radius 2 is 1.22 bits per heavy atom. The number of likely N-dealkylation sites (tertiary alicyclic amines) is 1. The van der Waals surface area contributed by atoms with E-state index in [0.29, 0.717) is 18.0 Å². The van der Waals surface area contributed by atoms with Crippen molar-refractivity contribution >= 4 is 17.6 Å². The molecule has 41 heavy (non-hydrogen) atoms. The van der Waals surface area contributed by atoms with Crippen molar-refractivity contribution in [3.8, 4) is 0 Å². The summed E-state index contributed by atoms with van der Waals surface area (Å²) in [7, 11) is 0. The van der Waals surface area contributed by atoms with Crippen molar-refractivity contribution < 1.29 is 14.4 Å². The number of rotatable bonds is 9. The van der Waals surface area contributed by atoms with Gasteiger partial charge in [-0.3, -0.25) is 14.4 Å². The van der Waals surface area contributed by atoms with Gasteiger partial charge in [0.05, 0.1) is 18.4 Å². The van der Waals surface area contributed by atoms with Crippen LogP contribution >= 0.6 is 0 Å². The summed E-state index contributed by atoms with van der Waals surface area (Å²) in [6.07, 6.45) is 2.35. The second kappa shape index (κ2) is 11.9. The smallest absolute Gasteiger partial charge is 0.243 e. The van der Waals surface area contributed by atoms with E-state index >= 15 is 0 Å². The fourth-order valence-electron chi connectivity index (χ4n) is 6.23. The predicted octanol–water partition coefficient (Wildman–Crippen LogP) is 5.99. The van der Waals surface area contributed by atoms with Gasteiger partial charge in [0.15, 0.2) is 5.78 Å². The van der Waals surface area contributed by atoms with Crippen molar-refractivity contribution in [1.29, 1.82) is 0 Å². The van der Waals surface area contributed by atoms with Crippen LogP contribution in [-0.4, -0.2) is 35.1 Å². The molecule has 2 aliphatic rings. The molecular formula is C36H34N2O3. The molecule has 5 nitrogen and oxygen atoms in total. The van der Waals surface area contributed by atoms with Crippen LogP contribution in [0, 0.1) is 11.8 Å². The first-order valence-corrected chi connectivity index (χ1v) is 14.4. The van der Waals surface area contributed by atoms with Crippen molar-refractivity contribution in [1.82, 2.24) is 10.2 Å². The normalized spacial score (nSPS) is 21.8. The summed E-state index contributed by atoms with van der Waals surface area (Å²) in [4.78, 5) is 44.8. The zero-order valence-corrected chi connectivity index (χ0v) is 22.9. The zero-order valence-electron chi connectivity index (χ0n) is 22.9. The van der Waals surface area contributed by atoms with Crippen LogP contribution < -0.4 is 5.32 Å². The molecule has 2 amide bonds. The van der Waals surface area contributed by atoms with Crippen LogP contribution in [0.15, 0.2) is 121 Å². The number of hydrogen-bond donors (Lipinski definition) is 1. The van der Waals surface area contributed by atoms with Crippen molar-refractivity contribution in [3.63, 3.8) is 0 Å². The molecule has 4 unspecified atom stereocenters. The van der Waals surface area contributed by atoms with Crippen molar-refractivity contribution in [2.24, 2.45) is 11.8 Å². The Bertz CT molecular complexity index is 1490. The van der Waals surface area contributed by atoms with Crippen LogP contribution in [0.3, 0.4) is 0 Å². The van der Waals surface area contributed by atoms with Gasteiger partial charge in [-0.2, -0.15) is 0 Å². The Hall–Kier alpha value is -4.51. The van der Waals surface area contributed by atoms with Gasteiger partial charge in [0.1, 0.15) is 6.04 Å². The van der Waals surface area contributed by atoms with Crippen molar-refractivity contribution in [2.45, 2.75) is 37.3 Å². The molecule has 1 heterocycles. The molecule has 0 bridgehead atoms. The fourth-order valence-corrected chi connectivity index (χ4v) is 6.23. The molecule has 2 fully saturated rings. The summed E-state index contributed by atoms with van der Waals surface area (Å²) in [5.41, 5.74) is 3.18. The Morgan fingerprint density at radius 3 is 1.80 bits per heavy atom. The second-order valence-corrected chi connectivity index (χ2v) is 11.1. The van der Waals surface area contributed by atoms with Gasteiger partial charge >= 0.3 is 0 Å². The van der Waals surface area contributed by atoms with Crippen LogP contribution in [0.5, 0.6) is 0 Å². The third-order valence-electron chi connectivity index (χ3n) is 8.37. The molecule has 0 aromatic heterocycles. The summed E-state index contributed by atoms with van der Waals surface area (Å²) >= 11 is 0. The van der Waals surface area contributed by atoms with Gasteiger partial charge < -0.3 is 10.2 Å². The minimum absolute atomic E-state index is 0.0664. The largest absolute Gasteiger partial charge is 0.354 e. The highest BCUT2D eigenvalue weighted by atomic mass is 16.2. The Balaban J connectivity index is 1.52. The maximum absolute atomic E-state index is 14.5. The van der Waals surface area contributed by atoms with E-state index in [-0.39, 0.29) is 24.0 Å². The SMILES string of the molecule is O=C(c1ccccc1)C1C(c2ccccc2)C(C(=O)NCC2CC2)N(C(=O)Cc2ccccc2)C1c1ccccc1. The van der Waals surface area contributed by atoms with Gasteiger partial charge in [0.25, 0.3) is 0 Å². The lowest BCUT2D eigenvalue weighted by Crippen LogP contribution is -2.49. The Morgan fingerprint density at radius 1 is 0.683 bits per heavy atom. The lowest BCUT2D eigenvalue weighted by Gasteiger charge is -2.32. The summed E-state index contributed by atoms with van der Waals surface area (Å²) in [5.74, 6) is -1.12. The molecule has 4 aromatic carbocycles. The van der Waals surface area contributed by atoms with Crippen molar-refractivity contribution in [2.75, 3.05) is 6.54 Å². The molecule has 5 heteroatoms. The van der Waals surface area contributed by atoms with Crippen LogP contribution in [0.25, 0.3) is 0 Å². The topological polar surface area (TPSA) is 66.5 Å². The molecule has 206 valence electrons. The first-order chi connectivity index (χ1) is 20.1. The third-order valence-corrected chi connectivity index (χ3v) is 8.37. The number of carbonyl (C=O) groups excluding carboxylic acids is 3. The summed E-state index contributed by atoms with van der Waals surface area (Å²) in [5, 5.41) is 3.16. The zero-order chi connectivity index (χ0) is 28.2. The minimum atomic E-state index is -0.838. The molecule has 6 rings (SSSR count). The lowest BCUT2D eigenvalue weighted by atomic mass is 9.76. The van der Waals surface area contributed by atoms with Crippen LogP contribution in [-0.2, 0) is 16.0 Å². The van der Waals surface area contributed by atoms with E-state index in [9.17, 15) is 14.4 Å². The van der Waals surface area contributed by atoms with E-state index in [1.165, 1.54) is 0 Å². The number of nitrogens with one attached hydrogen (secondary N) is 1. The Kier molecular flexibility index (Phi) is 7.77. The minimum Gasteiger partial charge on any atom is -0.354 e. The average Bonchev–Trinajstić information content (AvgIpc) is 3.79. The highest BCUT2D eigenvalue weighted by Crippen LogP contribution is 2.51. The molecule has 1 saturated heterocycles. The van der Waals surface area contributed by atoms with Gasteiger partial charge in [-0.05, 0) is 35.4 Å². The Labute approximate surface area is 241 Å². The number of hydrogen-bond acceptors (Lipinski definition) is 3. The molecular weight excluding hydrogens is 508 g/mol. The molecule has 0 spiro atoms. The molecule has 1 aliphatic heterocycles. The van der Waals surface area contributed by atoms with Crippen molar-refractivity contribution in [3.05, 3.63) is 144 Å². The highest BCUT2D eigenvalue weighted by Gasteiger charge is 2.57. The quantitative estimate of drug-likeness (QED) is 0.264. The number of Topliss-reactive ketones (excluding diaryl/α,β-unsaturated/α-hetero) is 1. The van der Waals surface area contributed by atoms with E-state index in [4.69, 9.17) is 0 Å². The van der Waals surface area contributed by atoms with Gasteiger partial charge in [0.2, 0.25) is 11.8 Å². The highest BCUT2D eigenvalue weighted by molar-refractivity contribution is 6.02. The second-order valence-electron chi connectivity index (χ2n) is 11.1. The number of ketones is 1. The number of nitrogens with zero attached hydrogens (tertiary/aromatic N) is 1. The molecule has 1 saturated carbocycles. The molecule has 1 aliphatic carbocycles. The van der Waals surface area contributed by atoms with E-state index in [1.54, 1.807) is 4.90 Å². The maximum atomic E-state index is 14.5. The van der Waals surface area contributed by atoms with Crippen LogP contribution in [0.1, 0.15) is 51.8 Å². The monoisotopic (exact) mass is 542 g/mol. The predicted molar refractivity (Wildman–Crippen MR) is 159 cm³/mol. The van der Waals surface area contributed by atoms with E-state index in [0.717, 1.165) is 29.5 Å². The van der Waals surface area contributed by atoms with Crippen LogP contribution in [0.4, 0.5) is 0 Å². The average molecular weight is 543 g/mol. The van der Waals surface area contributed by atoms with Gasteiger partial charge in [-0.15, -0.1) is 0 Å². The lowest BCUT2D eigenvalue weighted by molar-refractivity contribution is -0.140. The third kappa shape index (κ3) is 5.71. The van der Waals surface area contributed by atoms with E-state index in [2.05, 4.69) is 5.32 Å². The maximum Gasteiger partial charge on any atom is 0.243 e. The molecule has 1 N–H and O–H groups in total. The van der Waals surface area contributed by atoms with Gasteiger partial charge in [-0.25, -0.2) is 0 Å². The standard InChI is InChI=1S/C36H34N2O3/c39-30(23-25-13-5-1-6-14-25)38-33(28-17-9-3-10-18-28)32(35(40)29-19-11-4-12-20-29)31(27-15-7-2-8-16-27)34(38)36(41)37-24-26-21-22-26/h1-20,26,31-34H,21-24H2,(H,37,41). The van der Waals surface area contributed by atoms with Gasteiger partial charge in [-0.1, -0.05) is 121 Å². The number of amides is 2. The number of benzene rings is 4. The molecule has 4 aromatic rings. The van der Waals surface area contributed by atoms with E-state index in [1.807, 2.05) is 121 Å². The van der Waals surface area contributed by atoms with E-state index < -0.39 is 23.9 Å². The molecule has 0 radical (unpaired) electrons. The first-order valence-electron chi connectivity index (χ1n) is 14.4. The summed E-state index contributed by atoms with van der Waals surface area (Å²) in [6.45, 7) is 0.588. The fraction of sp³-hybridized carbons (Fsp3) is 0.250. The number of carbonyl (C=O) groups is 3. The summed E-state index contributed by atoms with van der Waals surface area (Å²) in [6, 6.07) is 36.9. The van der Waals surface area contributed by atoms with Gasteiger partial charge in [0, 0.05) is 18.0 Å². The summed E-state index contributed by atoms with van der Waals surface area (Å²) < 4.78 is 0. The van der Waals surface area contributed by atoms with Crippen LogP contribution in [0.2, 0.25) is 0 Å². The first kappa shape index (κ1) is 26.7.